The molecule has 1 saturated heterocycles. The number of rotatable bonds is 0. The molecule has 0 aromatic carbocycles. The summed E-state index contributed by atoms with van der Waals surface area (Å²) in [4.78, 5) is 0. The zero-order valence-electron chi connectivity index (χ0n) is 6.69. The van der Waals surface area contributed by atoms with Crippen LogP contribution < -0.4 is 0 Å². The molecule has 0 radical (unpaired) electrons. The van der Waals surface area contributed by atoms with Crippen molar-refractivity contribution in [1.82, 2.24) is 0 Å². The zero-order valence-corrected chi connectivity index (χ0v) is 6.69. The minimum atomic E-state index is -4.69. The highest BCUT2D eigenvalue weighted by molar-refractivity contribution is 4.85. The highest BCUT2D eigenvalue weighted by atomic mass is 19.4. The first-order chi connectivity index (χ1) is 5.38. The van der Waals surface area contributed by atoms with Crippen molar-refractivity contribution in [2.75, 3.05) is 6.61 Å². The molecule has 1 aliphatic rings. The predicted molar refractivity (Wildman–Crippen MR) is 35.4 cm³/mol. The summed E-state index contributed by atoms with van der Waals surface area (Å²) in [6.07, 6.45) is -3.78. The van der Waals surface area contributed by atoms with Crippen LogP contribution in [-0.2, 0) is 4.74 Å². The van der Waals surface area contributed by atoms with Crippen molar-refractivity contribution in [3.8, 4) is 0 Å². The highest BCUT2D eigenvalue weighted by Crippen LogP contribution is 2.41. The van der Waals surface area contributed by atoms with Gasteiger partial charge in [-0.05, 0) is 12.8 Å². The molecule has 1 heterocycles. The summed E-state index contributed by atoms with van der Waals surface area (Å²) in [5, 5.41) is 9.13. The van der Waals surface area contributed by atoms with E-state index in [9.17, 15) is 13.2 Å². The van der Waals surface area contributed by atoms with Crippen LogP contribution >= 0.6 is 0 Å². The molecule has 0 spiro atoms. The van der Waals surface area contributed by atoms with Crippen molar-refractivity contribution in [2.24, 2.45) is 5.92 Å². The largest absolute Gasteiger partial charge is 0.443 e. The fraction of sp³-hybridized carbons (Fsp3) is 1.00. The van der Waals surface area contributed by atoms with Crippen LogP contribution in [0.1, 0.15) is 19.8 Å². The number of ether oxygens (including phenoxy) is 1. The second-order valence-corrected chi connectivity index (χ2v) is 3.09. The molecule has 0 saturated carbocycles. The normalized spacial score (nSPS) is 38.2. The van der Waals surface area contributed by atoms with Crippen molar-refractivity contribution < 1.29 is 23.0 Å². The molecule has 1 aliphatic heterocycles. The number of hydrogen-bond acceptors (Lipinski definition) is 2. The Morgan fingerprint density at radius 3 is 2.42 bits per heavy atom. The van der Waals surface area contributed by atoms with E-state index in [1.165, 1.54) is 6.92 Å². The molecule has 72 valence electrons. The van der Waals surface area contributed by atoms with E-state index in [2.05, 4.69) is 4.74 Å². The van der Waals surface area contributed by atoms with Gasteiger partial charge in [-0.15, -0.1) is 0 Å². The smallest absolute Gasteiger partial charge is 0.358 e. The summed E-state index contributed by atoms with van der Waals surface area (Å²) in [7, 11) is 0. The first-order valence-corrected chi connectivity index (χ1v) is 3.81. The molecule has 0 bridgehead atoms. The van der Waals surface area contributed by atoms with Gasteiger partial charge in [0, 0.05) is 5.92 Å². The van der Waals surface area contributed by atoms with Crippen LogP contribution in [-0.4, -0.2) is 23.7 Å². The van der Waals surface area contributed by atoms with Gasteiger partial charge in [0.1, 0.15) is 0 Å². The van der Waals surface area contributed by atoms with Gasteiger partial charge in [0.25, 0.3) is 5.79 Å². The minimum absolute atomic E-state index is 0.0274. The number of hydrogen-bond donors (Lipinski definition) is 1. The van der Waals surface area contributed by atoms with Gasteiger partial charge in [-0.1, -0.05) is 6.92 Å². The molecule has 0 amide bonds. The van der Waals surface area contributed by atoms with Gasteiger partial charge >= 0.3 is 6.18 Å². The molecule has 0 aromatic rings. The Morgan fingerprint density at radius 1 is 1.50 bits per heavy atom. The van der Waals surface area contributed by atoms with Crippen LogP contribution in [0, 0.1) is 5.92 Å². The van der Waals surface area contributed by atoms with Gasteiger partial charge in [0.05, 0.1) is 6.61 Å². The summed E-state index contributed by atoms with van der Waals surface area (Å²) >= 11 is 0. The standard InChI is InChI=1S/C7H11F3O2/c1-5-3-2-4-12-6(5,11)7(8,9)10/h5,11H,2-4H2,1H3. The van der Waals surface area contributed by atoms with Gasteiger partial charge in [0.2, 0.25) is 0 Å². The molecule has 1 fully saturated rings. The third-order valence-corrected chi connectivity index (χ3v) is 2.18. The highest BCUT2D eigenvalue weighted by Gasteiger charge is 2.59. The van der Waals surface area contributed by atoms with E-state index in [-0.39, 0.29) is 6.61 Å². The lowest BCUT2D eigenvalue weighted by molar-refractivity contribution is -0.393. The Hall–Kier alpha value is -0.290. The molecule has 2 unspecified atom stereocenters. The van der Waals surface area contributed by atoms with Crippen molar-refractivity contribution >= 4 is 0 Å². The van der Waals surface area contributed by atoms with Crippen molar-refractivity contribution in [3.05, 3.63) is 0 Å². The maximum atomic E-state index is 12.2. The Morgan fingerprint density at radius 2 is 2.08 bits per heavy atom. The minimum Gasteiger partial charge on any atom is -0.358 e. The van der Waals surface area contributed by atoms with Gasteiger partial charge in [-0.3, -0.25) is 0 Å². The Balaban J connectivity index is 2.79. The van der Waals surface area contributed by atoms with E-state index in [1.807, 2.05) is 0 Å². The monoisotopic (exact) mass is 184 g/mol. The molecule has 2 atom stereocenters. The van der Waals surface area contributed by atoms with E-state index in [1.54, 1.807) is 0 Å². The van der Waals surface area contributed by atoms with Crippen LogP contribution in [0.4, 0.5) is 13.2 Å². The van der Waals surface area contributed by atoms with Crippen molar-refractivity contribution in [3.63, 3.8) is 0 Å². The van der Waals surface area contributed by atoms with Gasteiger partial charge < -0.3 is 9.84 Å². The Labute approximate surface area is 68.3 Å². The average Bonchev–Trinajstić information content (AvgIpc) is 1.93. The van der Waals surface area contributed by atoms with E-state index in [4.69, 9.17) is 5.11 Å². The summed E-state index contributed by atoms with van der Waals surface area (Å²) < 4.78 is 41.0. The molecular weight excluding hydrogens is 173 g/mol. The Bertz CT molecular complexity index is 169. The third kappa shape index (κ3) is 1.43. The molecule has 5 heteroatoms. The van der Waals surface area contributed by atoms with Gasteiger partial charge in [0.15, 0.2) is 0 Å². The first kappa shape index (κ1) is 9.80. The fourth-order valence-corrected chi connectivity index (χ4v) is 1.32. The van der Waals surface area contributed by atoms with Crippen LogP contribution in [0.15, 0.2) is 0 Å². The van der Waals surface area contributed by atoms with Crippen molar-refractivity contribution in [1.29, 1.82) is 0 Å². The summed E-state index contributed by atoms with van der Waals surface area (Å²) in [6.45, 7) is 1.31. The zero-order chi connectivity index (χ0) is 9.41. The van der Waals surface area contributed by atoms with Crippen LogP contribution in [0.3, 0.4) is 0 Å². The molecule has 0 aromatic heterocycles. The molecule has 0 aliphatic carbocycles. The molecule has 12 heavy (non-hydrogen) atoms. The van der Waals surface area contributed by atoms with Crippen molar-refractivity contribution in [2.45, 2.75) is 31.7 Å². The number of alkyl halides is 3. The molecule has 1 N–H and O–H groups in total. The first-order valence-electron chi connectivity index (χ1n) is 3.81. The third-order valence-electron chi connectivity index (χ3n) is 2.18. The van der Waals surface area contributed by atoms with Crippen LogP contribution in [0.25, 0.3) is 0 Å². The topological polar surface area (TPSA) is 29.5 Å². The number of aliphatic hydroxyl groups is 1. The molecular formula is C7H11F3O2. The summed E-state index contributed by atoms with van der Waals surface area (Å²) in [5.74, 6) is -3.81. The molecule has 2 nitrogen and oxygen atoms in total. The van der Waals surface area contributed by atoms with Gasteiger partial charge in [-0.2, -0.15) is 13.2 Å². The second kappa shape index (κ2) is 2.88. The van der Waals surface area contributed by atoms with E-state index in [0.717, 1.165) is 0 Å². The Kier molecular flexibility index (Phi) is 2.35. The maximum Gasteiger partial charge on any atom is 0.443 e. The lowest BCUT2D eigenvalue weighted by Crippen LogP contribution is -2.54. The SMILES string of the molecule is CC1CCCOC1(O)C(F)(F)F. The van der Waals surface area contributed by atoms with Crippen LogP contribution in [0.2, 0.25) is 0 Å². The average molecular weight is 184 g/mol. The summed E-state index contributed by atoms with van der Waals surface area (Å²) in [5.41, 5.74) is 0. The molecule has 1 rings (SSSR count). The van der Waals surface area contributed by atoms with E-state index < -0.39 is 17.9 Å². The van der Waals surface area contributed by atoms with E-state index in [0.29, 0.717) is 12.8 Å². The maximum absolute atomic E-state index is 12.2. The summed E-state index contributed by atoms with van der Waals surface area (Å²) in [6, 6.07) is 0. The van der Waals surface area contributed by atoms with Crippen LogP contribution in [0.5, 0.6) is 0 Å². The quantitative estimate of drug-likeness (QED) is 0.620. The number of halogens is 3. The van der Waals surface area contributed by atoms with Gasteiger partial charge in [-0.25, -0.2) is 0 Å². The fourth-order valence-electron chi connectivity index (χ4n) is 1.32. The van der Waals surface area contributed by atoms with E-state index >= 15 is 0 Å². The predicted octanol–water partition coefficient (Wildman–Crippen LogP) is 1.68. The lowest BCUT2D eigenvalue weighted by atomic mass is 9.92. The lowest BCUT2D eigenvalue weighted by Gasteiger charge is -2.38. The second-order valence-electron chi connectivity index (χ2n) is 3.09.